The zero-order chi connectivity index (χ0) is 10.3. The van der Waals surface area contributed by atoms with Gasteiger partial charge in [0.15, 0.2) is 0 Å². The minimum atomic E-state index is 0.599. The predicted octanol–water partition coefficient (Wildman–Crippen LogP) is 2.43. The van der Waals surface area contributed by atoms with Crippen molar-refractivity contribution in [3.05, 3.63) is 17.7 Å². The van der Waals surface area contributed by atoms with Gasteiger partial charge in [-0.05, 0) is 20.3 Å². The molecule has 0 N–H and O–H groups in total. The summed E-state index contributed by atoms with van der Waals surface area (Å²) in [5.41, 5.74) is 1.51. The van der Waals surface area contributed by atoms with Crippen molar-refractivity contribution in [1.82, 2.24) is 4.57 Å². The Hall–Kier alpha value is -0.790. The highest BCUT2D eigenvalue weighted by Crippen LogP contribution is 2.22. The van der Waals surface area contributed by atoms with Gasteiger partial charge in [0, 0.05) is 5.92 Å². The molecule has 2 rings (SSSR count). The highest BCUT2D eigenvalue weighted by molar-refractivity contribution is 5.07. The zero-order valence-electron chi connectivity index (χ0n) is 9.75. The van der Waals surface area contributed by atoms with Gasteiger partial charge < -0.3 is 0 Å². The van der Waals surface area contributed by atoms with Crippen LogP contribution in [0.1, 0.15) is 57.6 Å². The molecule has 2 heteroatoms. The van der Waals surface area contributed by atoms with Crippen LogP contribution >= 0.6 is 0 Å². The highest BCUT2D eigenvalue weighted by atomic mass is 15.2. The molecule has 0 aliphatic carbocycles. The van der Waals surface area contributed by atoms with E-state index in [1.54, 1.807) is 0 Å². The molecule has 0 atom stereocenters. The van der Waals surface area contributed by atoms with Crippen molar-refractivity contribution in [3.8, 4) is 0 Å². The van der Waals surface area contributed by atoms with Crippen molar-refractivity contribution in [2.45, 2.75) is 59.0 Å². The van der Waals surface area contributed by atoms with Crippen LogP contribution in [0.2, 0.25) is 0 Å². The Morgan fingerprint density at radius 2 is 2.00 bits per heavy atom. The first-order chi connectivity index (χ1) is 6.61. The number of rotatable bonds is 2. The predicted molar refractivity (Wildman–Crippen MR) is 57.4 cm³/mol. The van der Waals surface area contributed by atoms with Gasteiger partial charge in [0.05, 0.1) is 19.0 Å². The molecule has 0 radical (unpaired) electrons. The molecule has 1 aliphatic heterocycles. The Kier molecular flexibility index (Phi) is 2.38. The van der Waals surface area contributed by atoms with Crippen LogP contribution in [-0.4, -0.2) is 4.57 Å². The van der Waals surface area contributed by atoms with Crippen LogP contribution in [0.4, 0.5) is 0 Å². The van der Waals surface area contributed by atoms with E-state index in [1.165, 1.54) is 30.9 Å². The minimum absolute atomic E-state index is 0.599. The van der Waals surface area contributed by atoms with Crippen LogP contribution in [0.15, 0.2) is 6.20 Å². The third kappa shape index (κ3) is 1.37. The maximum atomic E-state index is 2.52. The fourth-order valence-electron chi connectivity index (χ4n) is 2.40. The Morgan fingerprint density at radius 3 is 2.57 bits per heavy atom. The number of hydrogen-bond donors (Lipinski definition) is 0. The molecule has 0 spiro atoms. The molecule has 0 saturated carbocycles. The second-order valence-electron chi connectivity index (χ2n) is 4.88. The highest BCUT2D eigenvalue weighted by Gasteiger charge is 2.29. The van der Waals surface area contributed by atoms with Gasteiger partial charge in [-0.3, -0.25) is 0 Å². The average Bonchev–Trinajstić information content (AvgIpc) is 2.59. The topological polar surface area (TPSA) is 8.81 Å². The molecule has 2 nitrogen and oxygen atoms in total. The third-order valence-corrected chi connectivity index (χ3v) is 3.12. The molecular weight excluding hydrogens is 172 g/mol. The molecule has 78 valence electrons. The summed E-state index contributed by atoms with van der Waals surface area (Å²) >= 11 is 0. The normalized spacial score (nSPS) is 15.6. The summed E-state index contributed by atoms with van der Waals surface area (Å²) in [6.45, 7) is 10.3. The zero-order valence-corrected chi connectivity index (χ0v) is 9.75. The fraction of sp³-hybridized carbons (Fsp3) is 0.750. The van der Waals surface area contributed by atoms with E-state index in [-0.39, 0.29) is 0 Å². The Morgan fingerprint density at radius 1 is 1.29 bits per heavy atom. The van der Waals surface area contributed by atoms with E-state index in [0.29, 0.717) is 12.0 Å². The van der Waals surface area contributed by atoms with Crippen LogP contribution in [0.5, 0.6) is 0 Å². The van der Waals surface area contributed by atoms with Gasteiger partial charge in [-0.1, -0.05) is 13.8 Å². The molecule has 14 heavy (non-hydrogen) atoms. The standard InChI is InChI=1S/C12H21N2/c1-9(2)11-8-14(10(3)4)12-6-5-7-13(11)12/h8-10H,5-7H2,1-4H3/q+1. The van der Waals surface area contributed by atoms with Gasteiger partial charge in [-0.15, -0.1) is 0 Å². The van der Waals surface area contributed by atoms with Gasteiger partial charge in [-0.25, -0.2) is 9.13 Å². The van der Waals surface area contributed by atoms with E-state index in [0.717, 1.165) is 0 Å². The summed E-state index contributed by atoms with van der Waals surface area (Å²) in [5.74, 6) is 2.18. The second kappa shape index (κ2) is 3.41. The van der Waals surface area contributed by atoms with Crippen LogP contribution in [0.3, 0.4) is 0 Å². The smallest absolute Gasteiger partial charge is 0.232 e. The monoisotopic (exact) mass is 193 g/mol. The van der Waals surface area contributed by atoms with Crippen LogP contribution in [-0.2, 0) is 13.0 Å². The summed E-state index contributed by atoms with van der Waals surface area (Å²) in [4.78, 5) is 0. The van der Waals surface area contributed by atoms with Gasteiger partial charge in [0.2, 0.25) is 0 Å². The maximum Gasteiger partial charge on any atom is 0.256 e. The Labute approximate surface area is 86.6 Å². The SMILES string of the molecule is CC(C)c1c[n+](C(C)C)c2n1CCC2. The van der Waals surface area contributed by atoms with Crippen LogP contribution in [0, 0.1) is 0 Å². The Balaban J connectivity index is 2.49. The largest absolute Gasteiger partial charge is 0.256 e. The fourth-order valence-corrected chi connectivity index (χ4v) is 2.40. The van der Waals surface area contributed by atoms with Crippen molar-refractivity contribution in [3.63, 3.8) is 0 Å². The van der Waals surface area contributed by atoms with Gasteiger partial charge in [0.1, 0.15) is 11.9 Å². The van der Waals surface area contributed by atoms with Gasteiger partial charge >= 0.3 is 0 Å². The molecule has 0 fully saturated rings. The van der Waals surface area contributed by atoms with Crippen molar-refractivity contribution in [2.75, 3.05) is 0 Å². The molecule has 0 aromatic carbocycles. The molecule has 0 bridgehead atoms. The lowest BCUT2D eigenvalue weighted by molar-refractivity contribution is -0.722. The second-order valence-corrected chi connectivity index (χ2v) is 4.88. The lowest BCUT2D eigenvalue weighted by atomic mass is 10.1. The number of nitrogens with zero attached hydrogens (tertiary/aromatic N) is 2. The summed E-state index contributed by atoms with van der Waals surface area (Å²) in [5, 5.41) is 0. The summed E-state index contributed by atoms with van der Waals surface area (Å²) in [6.07, 6.45) is 4.93. The molecule has 1 aliphatic rings. The van der Waals surface area contributed by atoms with Crippen molar-refractivity contribution in [1.29, 1.82) is 0 Å². The van der Waals surface area contributed by atoms with E-state index in [9.17, 15) is 0 Å². The molecule has 0 amide bonds. The summed E-state index contributed by atoms with van der Waals surface area (Å²) < 4.78 is 4.97. The average molecular weight is 193 g/mol. The van der Waals surface area contributed by atoms with Crippen molar-refractivity contribution < 1.29 is 4.57 Å². The first kappa shape index (κ1) is 9.75. The minimum Gasteiger partial charge on any atom is -0.232 e. The first-order valence-corrected chi connectivity index (χ1v) is 5.74. The summed E-state index contributed by atoms with van der Waals surface area (Å²) in [6, 6.07) is 0.599. The number of aromatic nitrogens is 2. The molecule has 1 aromatic heterocycles. The van der Waals surface area contributed by atoms with E-state index >= 15 is 0 Å². The van der Waals surface area contributed by atoms with E-state index in [1.807, 2.05) is 0 Å². The third-order valence-electron chi connectivity index (χ3n) is 3.12. The molecule has 0 unspecified atom stereocenters. The van der Waals surface area contributed by atoms with Gasteiger partial charge in [-0.2, -0.15) is 0 Å². The number of hydrogen-bond acceptors (Lipinski definition) is 0. The number of fused-ring (bicyclic) bond motifs is 1. The molecule has 0 saturated heterocycles. The Bertz CT molecular complexity index is 304. The summed E-state index contributed by atoms with van der Waals surface area (Å²) in [7, 11) is 0. The van der Waals surface area contributed by atoms with E-state index < -0.39 is 0 Å². The molecule has 1 aromatic rings. The van der Waals surface area contributed by atoms with Crippen LogP contribution in [0.25, 0.3) is 0 Å². The first-order valence-electron chi connectivity index (χ1n) is 5.74. The van der Waals surface area contributed by atoms with Gasteiger partial charge in [0.25, 0.3) is 5.82 Å². The molecular formula is C12H21N2+. The van der Waals surface area contributed by atoms with Crippen molar-refractivity contribution >= 4 is 0 Å². The number of imidazole rings is 1. The van der Waals surface area contributed by atoms with E-state index in [4.69, 9.17) is 0 Å². The van der Waals surface area contributed by atoms with Crippen LogP contribution < -0.4 is 4.57 Å². The quantitative estimate of drug-likeness (QED) is 0.638. The van der Waals surface area contributed by atoms with Crippen molar-refractivity contribution in [2.24, 2.45) is 0 Å². The lowest BCUT2D eigenvalue weighted by Gasteiger charge is -2.00. The van der Waals surface area contributed by atoms with E-state index in [2.05, 4.69) is 43.0 Å². The lowest BCUT2D eigenvalue weighted by Crippen LogP contribution is -2.38. The maximum absolute atomic E-state index is 2.52. The molecule has 2 heterocycles.